The number of piperidine rings is 1. The van der Waals surface area contributed by atoms with E-state index < -0.39 is 0 Å². The fourth-order valence-corrected chi connectivity index (χ4v) is 3.10. The van der Waals surface area contributed by atoms with Gasteiger partial charge in [-0.3, -0.25) is 9.59 Å². The molecular weight excluding hydrogens is 290 g/mol. The second kappa shape index (κ2) is 6.75. The molecule has 2 amide bonds. The number of nitrogens with two attached hydrogens (primary N) is 2. The molecule has 0 bridgehead atoms. The maximum atomic E-state index is 12.2. The monoisotopic (exact) mass is 309 g/mol. The van der Waals surface area contributed by atoms with Gasteiger partial charge in [0, 0.05) is 24.8 Å². The van der Waals surface area contributed by atoms with Gasteiger partial charge in [-0.15, -0.1) is 0 Å². The van der Waals surface area contributed by atoms with Gasteiger partial charge in [0.1, 0.15) is 5.82 Å². The Kier molecular flexibility index (Phi) is 5.00. The molecule has 1 aromatic rings. The van der Waals surface area contributed by atoms with E-state index in [0.29, 0.717) is 24.1 Å². The van der Waals surface area contributed by atoms with Crippen molar-refractivity contribution in [1.82, 2.24) is 14.9 Å². The zero-order valence-electron chi connectivity index (χ0n) is 11.9. The number of aromatic nitrogens is 2. The van der Waals surface area contributed by atoms with Crippen molar-refractivity contribution in [1.29, 1.82) is 0 Å². The number of anilines is 1. The van der Waals surface area contributed by atoms with Crippen molar-refractivity contribution < 1.29 is 9.59 Å². The third-order valence-corrected chi connectivity index (χ3v) is 4.19. The molecule has 2 rings (SSSR count). The van der Waals surface area contributed by atoms with Crippen molar-refractivity contribution in [2.24, 2.45) is 11.7 Å². The Labute approximate surface area is 127 Å². The number of aryl methyl sites for hydroxylation is 1. The van der Waals surface area contributed by atoms with Crippen molar-refractivity contribution in [3.8, 4) is 0 Å². The quantitative estimate of drug-likeness (QED) is 0.605. The van der Waals surface area contributed by atoms with E-state index in [0.717, 1.165) is 18.5 Å². The third-order valence-electron chi connectivity index (χ3n) is 3.35. The predicted molar refractivity (Wildman–Crippen MR) is 80.4 cm³/mol. The average molecular weight is 309 g/mol. The minimum Gasteiger partial charge on any atom is -0.384 e. The van der Waals surface area contributed by atoms with Gasteiger partial charge in [0.2, 0.25) is 11.8 Å². The van der Waals surface area contributed by atoms with Gasteiger partial charge < -0.3 is 16.4 Å². The summed E-state index contributed by atoms with van der Waals surface area (Å²) in [5.74, 6) is 0.0151. The molecule has 0 saturated carbocycles. The molecule has 1 atom stereocenters. The zero-order chi connectivity index (χ0) is 15.4. The molecule has 1 aliphatic heterocycles. The van der Waals surface area contributed by atoms with Crippen molar-refractivity contribution in [2.45, 2.75) is 24.9 Å². The first-order chi connectivity index (χ1) is 9.95. The normalized spacial score (nSPS) is 18.5. The molecule has 114 valence electrons. The smallest absolute Gasteiger partial charge is 0.233 e. The van der Waals surface area contributed by atoms with Gasteiger partial charge in [0.05, 0.1) is 11.7 Å². The molecule has 1 unspecified atom stereocenters. The van der Waals surface area contributed by atoms with Crippen LogP contribution in [0.3, 0.4) is 0 Å². The molecule has 2 heterocycles. The van der Waals surface area contributed by atoms with Crippen LogP contribution in [0.1, 0.15) is 18.5 Å². The highest BCUT2D eigenvalue weighted by atomic mass is 32.2. The van der Waals surface area contributed by atoms with E-state index in [1.807, 2.05) is 6.92 Å². The SMILES string of the molecule is Cc1cc(N)nc(SCC(=O)N2CCCC(C(N)=O)C2)n1. The lowest BCUT2D eigenvalue weighted by Crippen LogP contribution is -2.44. The van der Waals surface area contributed by atoms with Gasteiger partial charge >= 0.3 is 0 Å². The van der Waals surface area contributed by atoms with Crippen LogP contribution in [-0.4, -0.2) is 45.5 Å². The van der Waals surface area contributed by atoms with Crippen LogP contribution < -0.4 is 11.5 Å². The summed E-state index contributed by atoms with van der Waals surface area (Å²) in [7, 11) is 0. The molecular formula is C13H19N5O2S. The van der Waals surface area contributed by atoms with E-state index in [1.54, 1.807) is 11.0 Å². The number of hydrogen-bond donors (Lipinski definition) is 2. The summed E-state index contributed by atoms with van der Waals surface area (Å²) in [6, 6.07) is 1.67. The Hall–Kier alpha value is -1.83. The highest BCUT2D eigenvalue weighted by molar-refractivity contribution is 7.99. The van der Waals surface area contributed by atoms with E-state index >= 15 is 0 Å². The number of rotatable bonds is 4. The van der Waals surface area contributed by atoms with Gasteiger partial charge in [-0.2, -0.15) is 0 Å². The summed E-state index contributed by atoms with van der Waals surface area (Å²) in [5, 5.41) is 0.490. The number of nitrogen functional groups attached to an aromatic ring is 1. The van der Waals surface area contributed by atoms with Gasteiger partial charge in [0.15, 0.2) is 5.16 Å². The third kappa shape index (κ3) is 4.32. The van der Waals surface area contributed by atoms with E-state index in [4.69, 9.17) is 11.5 Å². The number of primary amides is 1. The molecule has 1 aliphatic rings. The van der Waals surface area contributed by atoms with Crippen LogP contribution in [0, 0.1) is 12.8 Å². The highest BCUT2D eigenvalue weighted by Crippen LogP contribution is 2.19. The predicted octanol–water partition coefficient (Wildman–Crippen LogP) is 0.183. The minimum absolute atomic E-state index is 0.0328. The molecule has 21 heavy (non-hydrogen) atoms. The Balaban J connectivity index is 1.90. The topological polar surface area (TPSA) is 115 Å². The average Bonchev–Trinajstić information content (AvgIpc) is 2.44. The number of thioether (sulfide) groups is 1. The van der Waals surface area contributed by atoms with Crippen molar-refractivity contribution in [3.05, 3.63) is 11.8 Å². The lowest BCUT2D eigenvalue weighted by molar-refractivity contribution is -0.132. The van der Waals surface area contributed by atoms with Crippen LogP contribution in [-0.2, 0) is 9.59 Å². The Bertz CT molecular complexity index is 531. The summed E-state index contributed by atoms with van der Waals surface area (Å²) < 4.78 is 0. The first-order valence-electron chi connectivity index (χ1n) is 6.76. The van der Waals surface area contributed by atoms with Crippen LogP contribution in [0.2, 0.25) is 0 Å². The van der Waals surface area contributed by atoms with E-state index in [9.17, 15) is 9.59 Å². The fourth-order valence-electron chi connectivity index (χ4n) is 2.28. The van der Waals surface area contributed by atoms with Crippen molar-refractivity contribution in [3.63, 3.8) is 0 Å². The summed E-state index contributed by atoms with van der Waals surface area (Å²) in [4.78, 5) is 33.4. The number of hydrogen-bond acceptors (Lipinski definition) is 6. The second-order valence-corrected chi connectivity index (χ2v) is 6.03. The molecule has 0 aliphatic carbocycles. The van der Waals surface area contributed by atoms with Crippen LogP contribution >= 0.6 is 11.8 Å². The Morgan fingerprint density at radius 1 is 1.48 bits per heavy atom. The van der Waals surface area contributed by atoms with Gasteiger partial charge in [-0.1, -0.05) is 11.8 Å². The van der Waals surface area contributed by atoms with E-state index in [2.05, 4.69) is 9.97 Å². The van der Waals surface area contributed by atoms with Gasteiger partial charge in [-0.05, 0) is 19.8 Å². The number of amides is 2. The Morgan fingerprint density at radius 3 is 2.90 bits per heavy atom. The van der Waals surface area contributed by atoms with Gasteiger partial charge in [0.25, 0.3) is 0 Å². The molecule has 1 aromatic heterocycles. The second-order valence-electron chi connectivity index (χ2n) is 5.09. The summed E-state index contributed by atoms with van der Waals surface area (Å²) >= 11 is 1.25. The molecule has 0 spiro atoms. The van der Waals surface area contributed by atoms with Crippen LogP contribution in [0.4, 0.5) is 5.82 Å². The summed E-state index contributed by atoms with van der Waals surface area (Å²) in [5.41, 5.74) is 11.7. The first-order valence-corrected chi connectivity index (χ1v) is 7.75. The van der Waals surface area contributed by atoms with Crippen LogP contribution in [0.15, 0.2) is 11.2 Å². The maximum Gasteiger partial charge on any atom is 0.233 e. The molecule has 1 fully saturated rings. The van der Waals surface area contributed by atoms with Crippen molar-refractivity contribution in [2.75, 3.05) is 24.6 Å². The lowest BCUT2D eigenvalue weighted by atomic mass is 9.97. The van der Waals surface area contributed by atoms with Crippen LogP contribution in [0.5, 0.6) is 0 Å². The number of carbonyl (C=O) groups is 2. The molecule has 0 aromatic carbocycles. The number of nitrogens with zero attached hydrogens (tertiary/aromatic N) is 3. The molecule has 7 nitrogen and oxygen atoms in total. The fraction of sp³-hybridized carbons (Fsp3) is 0.538. The summed E-state index contributed by atoms with van der Waals surface area (Å²) in [6.45, 7) is 2.90. The van der Waals surface area contributed by atoms with Gasteiger partial charge in [-0.25, -0.2) is 9.97 Å². The van der Waals surface area contributed by atoms with Crippen molar-refractivity contribution >= 4 is 29.4 Å². The lowest BCUT2D eigenvalue weighted by Gasteiger charge is -2.31. The molecule has 0 radical (unpaired) electrons. The largest absolute Gasteiger partial charge is 0.384 e. The number of likely N-dealkylation sites (tertiary alicyclic amines) is 1. The standard InChI is InChI=1S/C13H19N5O2S/c1-8-5-10(14)17-13(16-8)21-7-11(19)18-4-2-3-9(6-18)12(15)20/h5,9H,2-4,6-7H2,1H3,(H2,15,20)(H2,14,16,17). The summed E-state index contributed by atoms with van der Waals surface area (Å²) in [6.07, 6.45) is 1.56. The number of carbonyl (C=O) groups excluding carboxylic acids is 2. The minimum atomic E-state index is -0.338. The van der Waals surface area contributed by atoms with E-state index in [1.165, 1.54) is 11.8 Å². The van der Waals surface area contributed by atoms with E-state index in [-0.39, 0.29) is 23.5 Å². The maximum absolute atomic E-state index is 12.2. The molecule has 1 saturated heterocycles. The molecule has 8 heteroatoms. The molecule has 4 N–H and O–H groups in total. The first kappa shape index (κ1) is 15.6. The zero-order valence-corrected chi connectivity index (χ0v) is 12.7. The van der Waals surface area contributed by atoms with Crippen LogP contribution in [0.25, 0.3) is 0 Å². The Morgan fingerprint density at radius 2 is 2.24 bits per heavy atom. The highest BCUT2D eigenvalue weighted by Gasteiger charge is 2.26.